The van der Waals surface area contributed by atoms with Crippen molar-refractivity contribution in [1.29, 1.82) is 0 Å². The number of piperazine rings is 1. The van der Waals surface area contributed by atoms with Crippen LogP contribution in [-0.2, 0) is 11.3 Å². The van der Waals surface area contributed by atoms with Gasteiger partial charge in [-0.15, -0.1) is 11.3 Å². The minimum Gasteiger partial charge on any atom is -0.384 e. The molecule has 1 unspecified atom stereocenters. The fourth-order valence-corrected chi connectivity index (χ4v) is 3.39. The number of aromatic nitrogens is 2. The van der Waals surface area contributed by atoms with E-state index in [0.717, 1.165) is 36.0 Å². The number of hydrogen-bond acceptors (Lipinski definition) is 6. The van der Waals surface area contributed by atoms with Gasteiger partial charge in [0, 0.05) is 44.3 Å². The number of aliphatic hydroxyl groups is 1. The topological polar surface area (TPSA) is 69.6 Å². The SMILES string of the molecule is CC(O)C(=O)N1CCN(Cc2csc(-c3ccccn3)n2)CC1. The van der Waals surface area contributed by atoms with Crippen LogP contribution >= 0.6 is 11.3 Å². The Balaban J connectivity index is 1.55. The Kier molecular flexibility index (Phi) is 5.00. The highest BCUT2D eigenvalue weighted by molar-refractivity contribution is 7.13. The fourth-order valence-electron chi connectivity index (χ4n) is 2.61. The van der Waals surface area contributed by atoms with Crippen molar-refractivity contribution in [3.05, 3.63) is 35.5 Å². The van der Waals surface area contributed by atoms with Crippen molar-refractivity contribution in [2.75, 3.05) is 26.2 Å². The van der Waals surface area contributed by atoms with Crippen LogP contribution in [0.15, 0.2) is 29.8 Å². The molecular formula is C16H20N4O2S. The van der Waals surface area contributed by atoms with Gasteiger partial charge in [0.2, 0.25) is 0 Å². The number of pyridine rings is 1. The summed E-state index contributed by atoms with van der Waals surface area (Å²) >= 11 is 1.60. The van der Waals surface area contributed by atoms with Crippen molar-refractivity contribution in [3.63, 3.8) is 0 Å². The average Bonchev–Trinajstić information content (AvgIpc) is 3.04. The molecule has 2 aromatic heterocycles. The molecule has 3 rings (SSSR count). The first-order chi connectivity index (χ1) is 11.1. The van der Waals surface area contributed by atoms with Gasteiger partial charge in [-0.2, -0.15) is 0 Å². The average molecular weight is 332 g/mol. The molecule has 0 bridgehead atoms. The quantitative estimate of drug-likeness (QED) is 0.912. The molecule has 0 saturated carbocycles. The maximum Gasteiger partial charge on any atom is 0.251 e. The van der Waals surface area contributed by atoms with Gasteiger partial charge < -0.3 is 10.0 Å². The Morgan fingerprint density at radius 2 is 2.13 bits per heavy atom. The van der Waals surface area contributed by atoms with E-state index in [4.69, 9.17) is 0 Å². The number of thiazole rings is 1. The van der Waals surface area contributed by atoms with Crippen LogP contribution in [0.25, 0.3) is 10.7 Å². The smallest absolute Gasteiger partial charge is 0.251 e. The van der Waals surface area contributed by atoms with Gasteiger partial charge in [-0.3, -0.25) is 14.7 Å². The number of amides is 1. The van der Waals surface area contributed by atoms with E-state index >= 15 is 0 Å². The van der Waals surface area contributed by atoms with Gasteiger partial charge in [0.05, 0.1) is 11.4 Å². The molecule has 0 aromatic carbocycles. The molecule has 1 aliphatic rings. The summed E-state index contributed by atoms with van der Waals surface area (Å²) in [4.78, 5) is 24.7. The highest BCUT2D eigenvalue weighted by Gasteiger charge is 2.24. The van der Waals surface area contributed by atoms with Gasteiger partial charge in [-0.05, 0) is 19.1 Å². The molecule has 2 aromatic rings. The largest absolute Gasteiger partial charge is 0.384 e. The van der Waals surface area contributed by atoms with Crippen molar-refractivity contribution in [2.45, 2.75) is 19.6 Å². The number of carbonyl (C=O) groups excluding carboxylic acids is 1. The van der Waals surface area contributed by atoms with E-state index in [0.29, 0.717) is 13.1 Å². The third-order valence-electron chi connectivity index (χ3n) is 3.86. The molecule has 3 heterocycles. The minimum atomic E-state index is -0.916. The van der Waals surface area contributed by atoms with Gasteiger partial charge in [0.25, 0.3) is 5.91 Å². The van der Waals surface area contributed by atoms with E-state index in [-0.39, 0.29) is 5.91 Å². The lowest BCUT2D eigenvalue weighted by molar-refractivity contribution is -0.141. The lowest BCUT2D eigenvalue weighted by Crippen LogP contribution is -2.50. The van der Waals surface area contributed by atoms with Crippen LogP contribution in [0.2, 0.25) is 0 Å². The number of carbonyl (C=O) groups is 1. The first-order valence-corrected chi connectivity index (χ1v) is 8.56. The second kappa shape index (κ2) is 7.16. The van der Waals surface area contributed by atoms with Crippen molar-refractivity contribution < 1.29 is 9.90 Å². The Morgan fingerprint density at radius 1 is 1.35 bits per heavy atom. The Labute approximate surface area is 139 Å². The standard InChI is InChI=1S/C16H20N4O2S/c1-12(21)16(22)20-8-6-19(7-9-20)10-13-11-23-15(18-13)14-4-2-3-5-17-14/h2-5,11-12,21H,6-10H2,1H3. The zero-order chi connectivity index (χ0) is 16.2. The third-order valence-corrected chi connectivity index (χ3v) is 4.78. The summed E-state index contributed by atoms with van der Waals surface area (Å²) in [6, 6.07) is 5.82. The lowest BCUT2D eigenvalue weighted by Gasteiger charge is -2.34. The van der Waals surface area contributed by atoms with Gasteiger partial charge in [0.1, 0.15) is 11.1 Å². The second-order valence-electron chi connectivity index (χ2n) is 5.64. The Hall–Kier alpha value is -1.83. The van der Waals surface area contributed by atoms with Crippen LogP contribution < -0.4 is 0 Å². The minimum absolute atomic E-state index is 0.184. The lowest BCUT2D eigenvalue weighted by atomic mass is 10.2. The van der Waals surface area contributed by atoms with Crippen LogP contribution in [0.3, 0.4) is 0 Å². The summed E-state index contributed by atoms with van der Waals surface area (Å²) in [6.07, 6.45) is 0.857. The van der Waals surface area contributed by atoms with Crippen molar-refractivity contribution in [2.24, 2.45) is 0 Å². The molecule has 7 heteroatoms. The number of rotatable bonds is 4. The molecule has 1 amide bonds. The van der Waals surface area contributed by atoms with E-state index in [2.05, 4.69) is 20.2 Å². The van der Waals surface area contributed by atoms with Crippen LogP contribution in [0.1, 0.15) is 12.6 Å². The predicted octanol–water partition coefficient (Wildman–Crippen LogP) is 1.23. The highest BCUT2D eigenvalue weighted by Crippen LogP contribution is 2.22. The molecule has 1 fully saturated rings. The molecule has 23 heavy (non-hydrogen) atoms. The van der Waals surface area contributed by atoms with E-state index < -0.39 is 6.10 Å². The Bertz CT molecular complexity index is 651. The molecule has 0 aliphatic carbocycles. The molecule has 0 radical (unpaired) electrons. The van der Waals surface area contributed by atoms with E-state index in [1.54, 1.807) is 22.4 Å². The highest BCUT2D eigenvalue weighted by atomic mass is 32.1. The molecule has 1 atom stereocenters. The first kappa shape index (κ1) is 16.0. The van der Waals surface area contributed by atoms with Crippen LogP contribution in [-0.4, -0.2) is 63.1 Å². The molecule has 122 valence electrons. The maximum absolute atomic E-state index is 11.8. The summed E-state index contributed by atoms with van der Waals surface area (Å²) < 4.78 is 0. The van der Waals surface area contributed by atoms with Crippen molar-refractivity contribution in [3.8, 4) is 10.7 Å². The van der Waals surface area contributed by atoms with Gasteiger partial charge >= 0.3 is 0 Å². The molecule has 0 spiro atoms. The number of nitrogens with zero attached hydrogens (tertiary/aromatic N) is 4. The van der Waals surface area contributed by atoms with Crippen molar-refractivity contribution in [1.82, 2.24) is 19.8 Å². The Morgan fingerprint density at radius 3 is 2.78 bits per heavy atom. The van der Waals surface area contributed by atoms with Crippen LogP contribution in [0.4, 0.5) is 0 Å². The zero-order valence-corrected chi connectivity index (χ0v) is 13.9. The third kappa shape index (κ3) is 3.93. The summed E-state index contributed by atoms with van der Waals surface area (Å²) in [7, 11) is 0. The number of aliphatic hydroxyl groups excluding tert-OH is 1. The molecular weight excluding hydrogens is 312 g/mol. The van der Waals surface area contributed by atoms with E-state index in [9.17, 15) is 9.90 Å². The first-order valence-electron chi connectivity index (χ1n) is 7.68. The molecule has 6 nitrogen and oxygen atoms in total. The zero-order valence-electron chi connectivity index (χ0n) is 13.1. The van der Waals surface area contributed by atoms with Gasteiger partial charge in [0.15, 0.2) is 0 Å². The molecule has 1 aliphatic heterocycles. The fraction of sp³-hybridized carbons (Fsp3) is 0.438. The van der Waals surface area contributed by atoms with E-state index in [1.165, 1.54) is 6.92 Å². The normalized spacial score (nSPS) is 17.2. The summed E-state index contributed by atoms with van der Waals surface area (Å²) in [6.45, 7) is 5.20. The number of hydrogen-bond donors (Lipinski definition) is 1. The maximum atomic E-state index is 11.8. The summed E-state index contributed by atoms with van der Waals surface area (Å²) in [5, 5.41) is 12.4. The monoisotopic (exact) mass is 332 g/mol. The predicted molar refractivity (Wildman–Crippen MR) is 88.9 cm³/mol. The summed E-state index contributed by atoms with van der Waals surface area (Å²) in [5.41, 5.74) is 1.93. The van der Waals surface area contributed by atoms with Crippen molar-refractivity contribution >= 4 is 17.2 Å². The second-order valence-corrected chi connectivity index (χ2v) is 6.49. The summed E-state index contributed by atoms with van der Waals surface area (Å²) in [5.74, 6) is -0.184. The van der Waals surface area contributed by atoms with Crippen LogP contribution in [0, 0.1) is 0 Å². The van der Waals surface area contributed by atoms with Gasteiger partial charge in [-0.1, -0.05) is 6.07 Å². The molecule has 1 saturated heterocycles. The van der Waals surface area contributed by atoms with E-state index in [1.807, 2.05) is 18.2 Å². The van der Waals surface area contributed by atoms with Gasteiger partial charge in [-0.25, -0.2) is 4.98 Å². The molecule has 1 N–H and O–H groups in total. The van der Waals surface area contributed by atoms with Crippen LogP contribution in [0.5, 0.6) is 0 Å².